The van der Waals surface area contributed by atoms with Gasteiger partial charge in [0, 0.05) is 35.3 Å². The third-order valence-electron chi connectivity index (χ3n) is 8.67. The molecule has 0 fully saturated rings. The number of halogens is 2. The van der Waals surface area contributed by atoms with Crippen LogP contribution in [0, 0.1) is 18.6 Å². The Morgan fingerprint density at radius 2 is 1.08 bits per heavy atom. The molecular formula is C44H34F2S2. The van der Waals surface area contributed by atoms with Crippen LogP contribution in [0.1, 0.15) is 31.2 Å². The maximum atomic E-state index is 15.8. The van der Waals surface area contributed by atoms with Crippen LogP contribution >= 0.6 is 22.7 Å². The number of thiophene rings is 2. The van der Waals surface area contributed by atoms with Crippen LogP contribution in [0.3, 0.4) is 0 Å². The first kappa shape index (κ1) is 31.7. The molecule has 0 saturated carbocycles. The van der Waals surface area contributed by atoms with Crippen molar-refractivity contribution < 1.29 is 8.78 Å². The molecule has 2 aromatic heterocycles. The molecule has 0 amide bonds. The Morgan fingerprint density at radius 3 is 1.83 bits per heavy atom. The summed E-state index contributed by atoms with van der Waals surface area (Å²) in [7, 11) is 0. The molecule has 0 unspecified atom stereocenters. The third kappa shape index (κ3) is 5.87. The van der Waals surface area contributed by atoms with Gasteiger partial charge in [-0.3, -0.25) is 0 Å². The van der Waals surface area contributed by atoms with E-state index in [0.29, 0.717) is 16.7 Å². The van der Waals surface area contributed by atoms with Gasteiger partial charge < -0.3 is 0 Å². The van der Waals surface area contributed by atoms with E-state index < -0.39 is 0 Å². The fourth-order valence-electron chi connectivity index (χ4n) is 6.42. The molecule has 0 aliphatic heterocycles. The summed E-state index contributed by atoms with van der Waals surface area (Å²) in [4.78, 5) is 1.25. The molecule has 236 valence electrons. The molecule has 0 saturated heterocycles. The highest BCUT2D eigenvalue weighted by Gasteiger charge is 2.13. The van der Waals surface area contributed by atoms with Crippen molar-refractivity contribution in [2.24, 2.45) is 0 Å². The van der Waals surface area contributed by atoms with E-state index in [1.807, 2.05) is 57.2 Å². The van der Waals surface area contributed by atoms with Crippen LogP contribution in [0.5, 0.6) is 0 Å². The Morgan fingerprint density at radius 1 is 0.500 bits per heavy atom. The van der Waals surface area contributed by atoms with E-state index in [2.05, 4.69) is 79.7 Å². The largest absolute Gasteiger partial charge is 0.207 e. The fourth-order valence-corrected chi connectivity index (χ4v) is 8.65. The van der Waals surface area contributed by atoms with Crippen LogP contribution in [0.15, 0.2) is 127 Å². The maximum absolute atomic E-state index is 15.8. The standard InChI is InChI=1S/C42H28F2S2.C2H6/c1-3-7-34-25(2)45-41-24-29(14-16-37(34)41)32-19-31(20-33(43)21-32)27-12-15-35(39(44)22-27)30-9-6-8-26(18-30)28-13-17-38-36-10-4-5-11-40(36)46-42(38)23-28;1-2/h3-24H,1-2H3;1-2H3/b7-3-;. The second-order valence-electron chi connectivity index (χ2n) is 11.6. The van der Waals surface area contributed by atoms with E-state index in [1.165, 1.54) is 48.1 Å². The summed E-state index contributed by atoms with van der Waals surface area (Å²) in [5.41, 5.74) is 7.65. The Kier molecular flexibility index (Phi) is 8.79. The van der Waals surface area contributed by atoms with Gasteiger partial charge in [-0.05, 0) is 112 Å². The van der Waals surface area contributed by atoms with Gasteiger partial charge in [0.2, 0.25) is 0 Å². The normalized spacial score (nSPS) is 11.5. The number of aryl methyl sites for hydroxylation is 1. The molecular weight excluding hydrogens is 631 g/mol. The fraction of sp³-hybridized carbons (Fsp3) is 0.0909. The summed E-state index contributed by atoms with van der Waals surface area (Å²) < 4.78 is 34.4. The topological polar surface area (TPSA) is 0 Å². The number of allylic oxidation sites excluding steroid dienone is 1. The summed E-state index contributed by atoms with van der Waals surface area (Å²) in [5.74, 6) is -0.690. The summed E-state index contributed by atoms with van der Waals surface area (Å²) in [6, 6.07) is 39.4. The van der Waals surface area contributed by atoms with E-state index in [4.69, 9.17) is 0 Å². The predicted molar refractivity (Wildman–Crippen MR) is 207 cm³/mol. The number of benzene rings is 6. The minimum atomic E-state index is -0.350. The van der Waals surface area contributed by atoms with Crippen LogP contribution in [0.2, 0.25) is 0 Å². The second-order valence-corrected chi connectivity index (χ2v) is 13.9. The van der Waals surface area contributed by atoms with E-state index in [9.17, 15) is 4.39 Å². The average molecular weight is 665 g/mol. The van der Waals surface area contributed by atoms with Gasteiger partial charge in [0.05, 0.1) is 0 Å². The van der Waals surface area contributed by atoms with Crippen molar-refractivity contribution in [3.63, 3.8) is 0 Å². The summed E-state index contributed by atoms with van der Waals surface area (Å²) in [6.07, 6.45) is 4.18. The minimum absolute atomic E-state index is 0.340. The van der Waals surface area contributed by atoms with Gasteiger partial charge in [-0.15, -0.1) is 22.7 Å². The van der Waals surface area contributed by atoms with Crippen LogP contribution in [0.25, 0.3) is 80.8 Å². The molecule has 0 bridgehead atoms. The third-order valence-corrected chi connectivity index (χ3v) is 10.9. The van der Waals surface area contributed by atoms with Crippen LogP contribution in [-0.4, -0.2) is 0 Å². The number of hydrogen-bond donors (Lipinski definition) is 0. The summed E-state index contributed by atoms with van der Waals surface area (Å²) >= 11 is 3.53. The van der Waals surface area contributed by atoms with Crippen LogP contribution in [-0.2, 0) is 0 Å². The first-order valence-corrected chi connectivity index (χ1v) is 17.9. The van der Waals surface area contributed by atoms with Gasteiger partial charge in [-0.2, -0.15) is 0 Å². The van der Waals surface area contributed by atoms with Gasteiger partial charge in [-0.1, -0.05) is 98.8 Å². The molecule has 48 heavy (non-hydrogen) atoms. The van der Waals surface area contributed by atoms with Gasteiger partial charge in [0.15, 0.2) is 0 Å². The maximum Gasteiger partial charge on any atom is 0.131 e. The Balaban J connectivity index is 0.00000179. The lowest BCUT2D eigenvalue weighted by atomic mass is 9.95. The lowest BCUT2D eigenvalue weighted by Gasteiger charge is -2.11. The second kappa shape index (κ2) is 13.3. The van der Waals surface area contributed by atoms with Crippen molar-refractivity contribution in [1.82, 2.24) is 0 Å². The van der Waals surface area contributed by atoms with Crippen molar-refractivity contribution in [3.05, 3.63) is 149 Å². The smallest absolute Gasteiger partial charge is 0.131 e. The highest BCUT2D eigenvalue weighted by molar-refractivity contribution is 7.25. The van der Waals surface area contributed by atoms with E-state index in [0.717, 1.165) is 32.5 Å². The first-order chi connectivity index (χ1) is 23.4. The number of hydrogen-bond acceptors (Lipinski definition) is 2. The van der Waals surface area contributed by atoms with Crippen LogP contribution in [0.4, 0.5) is 8.78 Å². The van der Waals surface area contributed by atoms with E-state index in [1.54, 1.807) is 34.8 Å². The molecule has 8 rings (SSSR count). The predicted octanol–water partition coefficient (Wildman–Crippen LogP) is 14.6. The molecule has 0 nitrogen and oxygen atoms in total. The molecule has 0 radical (unpaired) electrons. The van der Waals surface area contributed by atoms with Gasteiger partial charge in [-0.25, -0.2) is 8.78 Å². The lowest BCUT2D eigenvalue weighted by molar-refractivity contribution is 0.627. The van der Waals surface area contributed by atoms with Crippen molar-refractivity contribution in [2.45, 2.75) is 27.7 Å². The minimum Gasteiger partial charge on any atom is -0.207 e. The highest BCUT2D eigenvalue weighted by Crippen LogP contribution is 2.39. The number of rotatable bonds is 5. The molecule has 0 aliphatic carbocycles. The van der Waals surface area contributed by atoms with Crippen molar-refractivity contribution in [2.75, 3.05) is 0 Å². The van der Waals surface area contributed by atoms with Crippen molar-refractivity contribution in [3.8, 4) is 44.5 Å². The monoisotopic (exact) mass is 664 g/mol. The van der Waals surface area contributed by atoms with Crippen molar-refractivity contribution in [1.29, 1.82) is 0 Å². The van der Waals surface area contributed by atoms with Gasteiger partial charge in [0.25, 0.3) is 0 Å². The summed E-state index contributed by atoms with van der Waals surface area (Å²) in [5, 5.41) is 3.72. The van der Waals surface area contributed by atoms with Crippen molar-refractivity contribution >= 4 is 59.0 Å². The molecule has 0 spiro atoms. The Bertz CT molecular complexity index is 2480. The first-order valence-electron chi connectivity index (χ1n) is 16.2. The number of fused-ring (bicyclic) bond motifs is 4. The Labute approximate surface area is 288 Å². The van der Waals surface area contributed by atoms with Gasteiger partial charge >= 0.3 is 0 Å². The zero-order chi connectivity index (χ0) is 33.4. The average Bonchev–Trinajstić information content (AvgIpc) is 3.64. The molecule has 2 heterocycles. The van der Waals surface area contributed by atoms with Crippen LogP contribution < -0.4 is 0 Å². The van der Waals surface area contributed by atoms with E-state index >= 15 is 4.39 Å². The van der Waals surface area contributed by atoms with E-state index in [-0.39, 0.29) is 11.6 Å². The highest BCUT2D eigenvalue weighted by atomic mass is 32.1. The molecule has 0 aliphatic rings. The molecule has 0 atom stereocenters. The molecule has 4 heteroatoms. The summed E-state index contributed by atoms with van der Waals surface area (Å²) in [6.45, 7) is 8.14. The zero-order valence-corrected chi connectivity index (χ0v) is 28.9. The zero-order valence-electron chi connectivity index (χ0n) is 27.3. The van der Waals surface area contributed by atoms with Gasteiger partial charge in [0.1, 0.15) is 11.6 Å². The SMILES string of the molecule is C/C=C\c1c(C)sc2cc(-c3cc(F)cc(-c4ccc(-c5cccc(-c6ccc7c(c6)sc6ccccc67)c5)c(F)c4)c3)ccc12.CC. The quantitative estimate of drug-likeness (QED) is 0.172. The molecule has 0 N–H and O–H groups in total. The molecule has 8 aromatic rings. The molecule has 6 aromatic carbocycles. The Hall–Kier alpha value is -4.90. The lowest BCUT2D eigenvalue weighted by Crippen LogP contribution is -1.89.